The van der Waals surface area contributed by atoms with E-state index in [0.717, 1.165) is 34.6 Å². The average molecular weight is 420 g/mol. The molecule has 4 amide bonds. The van der Waals surface area contributed by atoms with Crippen molar-refractivity contribution in [3.63, 3.8) is 0 Å². The number of imide groups is 2. The molecule has 158 valence electrons. The lowest BCUT2D eigenvalue weighted by molar-refractivity contribution is -0.136. The number of benzene rings is 1. The molecule has 3 heterocycles. The van der Waals surface area contributed by atoms with Gasteiger partial charge in [0.05, 0.1) is 16.8 Å². The number of nitrogens with two attached hydrogens (primary N) is 1. The van der Waals surface area contributed by atoms with Gasteiger partial charge in [-0.05, 0) is 37.0 Å². The molecule has 2 aliphatic heterocycles. The van der Waals surface area contributed by atoms with Crippen LogP contribution in [0.1, 0.15) is 62.8 Å². The van der Waals surface area contributed by atoms with Crippen molar-refractivity contribution in [1.82, 2.24) is 20.2 Å². The maximum Gasteiger partial charge on any atom is 0.262 e. The van der Waals surface area contributed by atoms with Gasteiger partial charge in [0, 0.05) is 30.8 Å². The van der Waals surface area contributed by atoms with Crippen LogP contribution in [-0.2, 0) is 22.6 Å². The lowest BCUT2D eigenvalue weighted by Gasteiger charge is -2.27. The number of aryl methyl sites for hydroxylation is 1. The highest BCUT2D eigenvalue weighted by atomic mass is 16.2. The number of anilines is 1. The van der Waals surface area contributed by atoms with E-state index in [4.69, 9.17) is 5.73 Å². The maximum absolute atomic E-state index is 12.9. The van der Waals surface area contributed by atoms with Crippen LogP contribution in [0.4, 0.5) is 5.95 Å². The molecule has 3 aliphatic rings. The lowest BCUT2D eigenvalue weighted by atomic mass is 10.0. The molecule has 2 atom stereocenters. The molecule has 1 aromatic carbocycles. The zero-order chi connectivity index (χ0) is 21.7. The quantitative estimate of drug-likeness (QED) is 0.604. The highest BCUT2D eigenvalue weighted by Crippen LogP contribution is 2.29. The molecule has 1 aliphatic carbocycles. The first-order chi connectivity index (χ1) is 14.9. The summed E-state index contributed by atoms with van der Waals surface area (Å²) in [7, 11) is 0. The highest BCUT2D eigenvalue weighted by molar-refractivity contribution is 6.23. The van der Waals surface area contributed by atoms with Gasteiger partial charge in [-0.3, -0.25) is 29.4 Å². The van der Waals surface area contributed by atoms with Crippen LogP contribution < -0.4 is 16.4 Å². The summed E-state index contributed by atoms with van der Waals surface area (Å²) in [6.45, 7) is 0.359. The van der Waals surface area contributed by atoms with Crippen molar-refractivity contribution in [2.24, 2.45) is 5.73 Å². The minimum absolute atomic E-state index is 0.0170. The summed E-state index contributed by atoms with van der Waals surface area (Å²) in [4.78, 5) is 58.9. The molecule has 10 heteroatoms. The van der Waals surface area contributed by atoms with Crippen molar-refractivity contribution in [3.8, 4) is 0 Å². The summed E-state index contributed by atoms with van der Waals surface area (Å²) < 4.78 is 0. The summed E-state index contributed by atoms with van der Waals surface area (Å²) in [5, 5.41) is 5.32. The number of piperidine rings is 1. The van der Waals surface area contributed by atoms with Gasteiger partial charge in [0.25, 0.3) is 11.8 Å². The van der Waals surface area contributed by atoms with Crippen LogP contribution in [0.3, 0.4) is 0 Å². The van der Waals surface area contributed by atoms with E-state index in [-0.39, 0.29) is 30.0 Å². The Bertz CT molecular complexity index is 1150. The molecule has 0 spiro atoms. The summed E-state index contributed by atoms with van der Waals surface area (Å²) in [6, 6.07) is 3.97. The molecule has 1 saturated heterocycles. The third kappa shape index (κ3) is 3.25. The summed E-state index contributed by atoms with van der Waals surface area (Å²) in [5.74, 6) is -1.60. The van der Waals surface area contributed by atoms with E-state index in [1.54, 1.807) is 24.4 Å². The fourth-order valence-electron chi connectivity index (χ4n) is 4.28. The Morgan fingerprint density at radius 2 is 1.90 bits per heavy atom. The van der Waals surface area contributed by atoms with Crippen LogP contribution in [0, 0.1) is 0 Å². The molecule has 1 aromatic heterocycles. The molecule has 0 saturated carbocycles. The van der Waals surface area contributed by atoms with Gasteiger partial charge in [0.1, 0.15) is 6.04 Å². The number of rotatable bonds is 4. The second-order valence-corrected chi connectivity index (χ2v) is 7.92. The normalized spacial score (nSPS) is 22.4. The van der Waals surface area contributed by atoms with Crippen LogP contribution in [0.15, 0.2) is 24.4 Å². The number of carbonyl (C=O) groups excluding carboxylic acids is 4. The van der Waals surface area contributed by atoms with Gasteiger partial charge in [-0.2, -0.15) is 0 Å². The number of carbonyl (C=O) groups is 4. The summed E-state index contributed by atoms with van der Waals surface area (Å²) >= 11 is 0. The Hall–Kier alpha value is -3.66. The predicted octanol–water partition coefficient (Wildman–Crippen LogP) is 0.436. The number of aromatic nitrogens is 2. The van der Waals surface area contributed by atoms with E-state index < -0.39 is 29.7 Å². The predicted molar refractivity (Wildman–Crippen MR) is 108 cm³/mol. The second kappa shape index (κ2) is 7.24. The minimum Gasteiger partial charge on any atom is -0.350 e. The van der Waals surface area contributed by atoms with E-state index in [1.807, 2.05) is 0 Å². The third-order valence-electron chi connectivity index (χ3n) is 5.95. The van der Waals surface area contributed by atoms with Gasteiger partial charge in [-0.15, -0.1) is 0 Å². The molecule has 0 bridgehead atoms. The molecule has 31 heavy (non-hydrogen) atoms. The third-order valence-corrected chi connectivity index (χ3v) is 5.95. The molecule has 1 fully saturated rings. The van der Waals surface area contributed by atoms with Gasteiger partial charge in [-0.1, -0.05) is 6.07 Å². The van der Waals surface area contributed by atoms with Crippen LogP contribution in [0.5, 0.6) is 0 Å². The van der Waals surface area contributed by atoms with Crippen molar-refractivity contribution >= 4 is 29.6 Å². The van der Waals surface area contributed by atoms with Gasteiger partial charge >= 0.3 is 0 Å². The Morgan fingerprint density at radius 3 is 2.71 bits per heavy atom. The molecule has 10 nitrogen and oxygen atoms in total. The van der Waals surface area contributed by atoms with E-state index in [9.17, 15) is 19.2 Å². The molecule has 2 aromatic rings. The zero-order valence-electron chi connectivity index (χ0n) is 16.6. The molecule has 2 unspecified atom stereocenters. The van der Waals surface area contributed by atoms with Crippen molar-refractivity contribution < 1.29 is 19.2 Å². The zero-order valence-corrected chi connectivity index (χ0v) is 16.6. The van der Waals surface area contributed by atoms with Crippen molar-refractivity contribution in [2.45, 2.75) is 44.3 Å². The van der Waals surface area contributed by atoms with Gasteiger partial charge in [-0.25, -0.2) is 9.97 Å². The number of fused-ring (bicyclic) bond motifs is 2. The number of amides is 4. The molecular formula is C21H20N6O4. The van der Waals surface area contributed by atoms with Crippen LogP contribution in [0.2, 0.25) is 0 Å². The minimum atomic E-state index is -0.974. The lowest BCUT2D eigenvalue weighted by Crippen LogP contribution is -2.54. The van der Waals surface area contributed by atoms with E-state index >= 15 is 0 Å². The first-order valence-electron chi connectivity index (χ1n) is 10.1. The fraction of sp³-hybridized carbons (Fsp3) is 0.333. The number of nitrogens with zero attached hydrogens (tertiary/aromatic N) is 3. The van der Waals surface area contributed by atoms with Crippen LogP contribution in [0.25, 0.3) is 0 Å². The van der Waals surface area contributed by atoms with Gasteiger partial charge in [0.2, 0.25) is 17.8 Å². The van der Waals surface area contributed by atoms with Crippen LogP contribution in [-0.4, -0.2) is 44.5 Å². The van der Waals surface area contributed by atoms with E-state index in [2.05, 4.69) is 20.6 Å². The first kappa shape index (κ1) is 19.3. The van der Waals surface area contributed by atoms with Gasteiger partial charge in [0.15, 0.2) is 0 Å². The Morgan fingerprint density at radius 1 is 1.10 bits per heavy atom. The molecular weight excluding hydrogens is 400 g/mol. The largest absolute Gasteiger partial charge is 0.350 e. The first-order valence-corrected chi connectivity index (χ1v) is 10.1. The maximum atomic E-state index is 12.9. The topological polar surface area (TPSA) is 147 Å². The van der Waals surface area contributed by atoms with E-state index in [1.165, 1.54) is 0 Å². The smallest absolute Gasteiger partial charge is 0.262 e. The summed E-state index contributed by atoms with van der Waals surface area (Å²) in [5.41, 5.74) is 9.20. The number of hydrogen-bond acceptors (Lipinski definition) is 8. The van der Waals surface area contributed by atoms with E-state index in [0.29, 0.717) is 12.5 Å². The molecule has 5 rings (SSSR count). The monoisotopic (exact) mass is 420 g/mol. The molecule has 4 N–H and O–H groups in total. The van der Waals surface area contributed by atoms with Crippen molar-refractivity contribution in [2.75, 3.05) is 5.32 Å². The fourth-order valence-corrected chi connectivity index (χ4v) is 4.28. The van der Waals surface area contributed by atoms with Crippen LogP contribution >= 0.6 is 0 Å². The Kier molecular flexibility index (Phi) is 4.51. The van der Waals surface area contributed by atoms with Gasteiger partial charge < -0.3 is 11.1 Å². The number of hydrogen-bond donors (Lipinski definition) is 3. The standard InChI is InChI=1S/C21H20N6O4/c22-14-3-4-15-13(14)9-24-21(25-15)23-8-10-1-2-11-12(7-10)20(31)27(19(11)30)16-5-6-17(28)26-18(16)29/h1-2,7,9,14,16H,3-6,8,22H2,(H,23,24,25)(H,26,28,29). The SMILES string of the molecule is NC1CCc2nc(NCc3ccc4c(c3)C(=O)N(C3CCC(=O)NC3=O)C4=O)ncc21. The van der Waals surface area contributed by atoms with Crippen molar-refractivity contribution in [1.29, 1.82) is 0 Å². The highest BCUT2D eigenvalue weighted by Gasteiger charge is 2.44. The Balaban J connectivity index is 1.32. The number of nitrogens with one attached hydrogen (secondary N) is 2. The molecule has 0 radical (unpaired) electrons. The Labute approximate surface area is 177 Å². The summed E-state index contributed by atoms with van der Waals surface area (Å²) in [6.07, 6.45) is 3.64. The second-order valence-electron chi connectivity index (χ2n) is 7.92. The average Bonchev–Trinajstić information content (AvgIpc) is 3.24. The van der Waals surface area contributed by atoms with Crippen molar-refractivity contribution in [3.05, 3.63) is 52.3 Å².